The summed E-state index contributed by atoms with van der Waals surface area (Å²) in [6.45, 7) is 1.91. The smallest absolute Gasteiger partial charge is 0.462 e. The average molecular weight is 456 g/mol. The lowest BCUT2D eigenvalue weighted by Crippen LogP contribution is -2.29. The molecule has 0 aliphatic heterocycles. The number of carbonyl (C=O) groups is 2. The van der Waals surface area contributed by atoms with Crippen LogP contribution in [0.15, 0.2) is 0 Å². The highest BCUT2D eigenvalue weighted by Crippen LogP contribution is 2.43. The number of unbranched alkanes of at least 4 members (excludes halogenated alkanes) is 5. The van der Waals surface area contributed by atoms with Gasteiger partial charge in [0.1, 0.15) is 12.7 Å². The minimum atomic E-state index is -4.56. The maximum absolute atomic E-state index is 12.0. The first kappa shape index (κ1) is 29.0. The van der Waals surface area contributed by atoms with Gasteiger partial charge in [-0.2, -0.15) is 0 Å². The molecule has 0 radical (unpaired) electrons. The molecular weight excluding hydrogens is 419 g/mol. The molecule has 0 saturated carbocycles. The van der Waals surface area contributed by atoms with Gasteiger partial charge >= 0.3 is 19.8 Å². The fourth-order valence-electron chi connectivity index (χ4n) is 2.26. The van der Waals surface area contributed by atoms with Gasteiger partial charge in [0, 0.05) is 12.8 Å². The zero-order chi connectivity index (χ0) is 22.8. The van der Waals surface area contributed by atoms with E-state index in [1.807, 2.05) is 6.92 Å². The predicted molar refractivity (Wildman–Crippen MR) is 109 cm³/mol. The molecule has 1 unspecified atom stereocenters. The number of phosphoric acid groups is 1. The van der Waals surface area contributed by atoms with Crippen molar-refractivity contribution in [2.75, 3.05) is 26.4 Å². The van der Waals surface area contributed by atoms with Crippen LogP contribution in [-0.4, -0.2) is 65.7 Å². The number of rotatable bonds is 19. The van der Waals surface area contributed by atoms with Crippen LogP contribution in [0, 0.1) is 0 Å². The Kier molecular flexibility index (Phi) is 17.0. The van der Waals surface area contributed by atoms with Crippen LogP contribution in [-0.2, 0) is 32.7 Å². The van der Waals surface area contributed by atoms with Crippen molar-refractivity contribution < 1.29 is 47.8 Å². The highest BCUT2D eigenvalue weighted by atomic mass is 31.2. The molecule has 0 aromatic rings. The normalized spacial score (nSPS) is 15.2. The standard InChI is InChI=1S/C19H37O10P/c1-3-5-7-8-9-11-19(23)29-17(14-26-18(22)10-6-4-2)15-28-30(24,25)27-13-16(21)12-20/h16-17,20-21H,3-15H2,1-2H3,(H,24,25)/t16-,17+/m0/s1. The molecule has 0 aromatic heterocycles. The molecule has 30 heavy (non-hydrogen) atoms. The van der Waals surface area contributed by atoms with Crippen LogP contribution in [0.25, 0.3) is 0 Å². The Bertz CT molecular complexity index is 514. The van der Waals surface area contributed by atoms with Gasteiger partial charge in [0.15, 0.2) is 6.10 Å². The summed E-state index contributed by atoms with van der Waals surface area (Å²) in [6, 6.07) is 0. The highest BCUT2D eigenvalue weighted by Gasteiger charge is 2.27. The largest absolute Gasteiger partial charge is 0.472 e. The summed E-state index contributed by atoms with van der Waals surface area (Å²) in [7, 11) is -4.56. The topological polar surface area (TPSA) is 149 Å². The molecule has 0 amide bonds. The van der Waals surface area contributed by atoms with E-state index in [4.69, 9.17) is 19.1 Å². The van der Waals surface area contributed by atoms with Crippen molar-refractivity contribution in [3.63, 3.8) is 0 Å². The van der Waals surface area contributed by atoms with Crippen LogP contribution in [0.2, 0.25) is 0 Å². The number of aliphatic hydroxyl groups excluding tert-OH is 2. The molecule has 0 aliphatic carbocycles. The van der Waals surface area contributed by atoms with Gasteiger partial charge in [0.05, 0.1) is 19.8 Å². The monoisotopic (exact) mass is 456 g/mol. The van der Waals surface area contributed by atoms with E-state index in [0.717, 1.165) is 32.1 Å². The first-order chi connectivity index (χ1) is 14.2. The summed E-state index contributed by atoms with van der Waals surface area (Å²) < 4.78 is 31.5. The van der Waals surface area contributed by atoms with E-state index < -0.39 is 51.8 Å². The molecule has 178 valence electrons. The van der Waals surface area contributed by atoms with Gasteiger partial charge in [-0.25, -0.2) is 4.57 Å². The summed E-state index contributed by atoms with van der Waals surface area (Å²) >= 11 is 0. The lowest BCUT2D eigenvalue weighted by atomic mass is 10.1. The van der Waals surface area contributed by atoms with Crippen LogP contribution in [0.5, 0.6) is 0 Å². The second kappa shape index (κ2) is 17.6. The minimum absolute atomic E-state index is 0.181. The Balaban J connectivity index is 4.60. The Hall–Kier alpha value is -1.03. The summed E-state index contributed by atoms with van der Waals surface area (Å²) in [5.74, 6) is -0.985. The maximum Gasteiger partial charge on any atom is 0.472 e. The lowest BCUT2D eigenvalue weighted by molar-refractivity contribution is -0.161. The summed E-state index contributed by atoms with van der Waals surface area (Å²) in [4.78, 5) is 33.4. The SMILES string of the molecule is CCCCCCCC(=O)O[C@H](COC(=O)CCCC)COP(=O)(O)OC[C@@H](O)CO. The number of ether oxygens (including phenoxy) is 2. The molecule has 0 rings (SSSR count). The van der Waals surface area contributed by atoms with Crippen molar-refractivity contribution in [3.05, 3.63) is 0 Å². The third-order valence-electron chi connectivity index (χ3n) is 4.01. The fraction of sp³-hybridized carbons (Fsp3) is 0.895. The molecule has 10 nitrogen and oxygen atoms in total. The van der Waals surface area contributed by atoms with E-state index >= 15 is 0 Å². The maximum atomic E-state index is 12.0. The van der Waals surface area contributed by atoms with Crippen LogP contribution < -0.4 is 0 Å². The van der Waals surface area contributed by atoms with Crippen molar-refractivity contribution in [1.29, 1.82) is 0 Å². The molecule has 0 aromatic carbocycles. The summed E-state index contributed by atoms with van der Waals surface area (Å²) in [5, 5.41) is 17.9. The number of esters is 2. The highest BCUT2D eigenvalue weighted by molar-refractivity contribution is 7.47. The van der Waals surface area contributed by atoms with Gasteiger partial charge in [-0.15, -0.1) is 0 Å². The Labute approximate surface area is 178 Å². The van der Waals surface area contributed by atoms with Crippen LogP contribution in [0.1, 0.15) is 71.6 Å². The van der Waals surface area contributed by atoms with E-state index in [0.29, 0.717) is 12.8 Å². The molecule has 0 heterocycles. The number of hydrogen-bond donors (Lipinski definition) is 3. The molecule has 0 spiro atoms. The molecule has 0 bridgehead atoms. The van der Waals surface area contributed by atoms with E-state index in [1.165, 1.54) is 0 Å². The minimum Gasteiger partial charge on any atom is -0.462 e. The molecule has 0 aliphatic rings. The van der Waals surface area contributed by atoms with Gasteiger partial charge in [-0.05, 0) is 12.8 Å². The van der Waals surface area contributed by atoms with Gasteiger partial charge in [-0.1, -0.05) is 46.0 Å². The predicted octanol–water partition coefficient (Wildman–Crippen LogP) is 2.48. The number of phosphoric ester groups is 1. The number of hydrogen-bond acceptors (Lipinski definition) is 9. The summed E-state index contributed by atoms with van der Waals surface area (Å²) in [6.07, 6.45) is 4.21. The quantitative estimate of drug-likeness (QED) is 0.150. The van der Waals surface area contributed by atoms with Crippen molar-refractivity contribution in [3.8, 4) is 0 Å². The lowest BCUT2D eigenvalue weighted by Gasteiger charge is -2.20. The van der Waals surface area contributed by atoms with Crippen LogP contribution in [0.4, 0.5) is 0 Å². The number of aliphatic hydroxyl groups is 2. The molecular formula is C19H37O10P. The van der Waals surface area contributed by atoms with Gasteiger partial charge < -0.3 is 24.6 Å². The second-order valence-corrected chi connectivity index (χ2v) is 8.41. The third kappa shape index (κ3) is 16.7. The fourth-order valence-corrected chi connectivity index (χ4v) is 3.05. The molecule has 3 N–H and O–H groups in total. The van der Waals surface area contributed by atoms with E-state index in [2.05, 4.69) is 11.4 Å². The Morgan fingerprint density at radius 3 is 2.10 bits per heavy atom. The van der Waals surface area contributed by atoms with Gasteiger partial charge in [0.2, 0.25) is 0 Å². The summed E-state index contributed by atoms with van der Waals surface area (Å²) in [5.41, 5.74) is 0. The van der Waals surface area contributed by atoms with Crippen LogP contribution in [0.3, 0.4) is 0 Å². The van der Waals surface area contributed by atoms with Gasteiger partial charge in [-0.3, -0.25) is 18.6 Å². The van der Waals surface area contributed by atoms with Crippen molar-refractivity contribution in [2.24, 2.45) is 0 Å². The van der Waals surface area contributed by atoms with E-state index in [-0.39, 0.29) is 19.4 Å². The van der Waals surface area contributed by atoms with Gasteiger partial charge in [0.25, 0.3) is 0 Å². The Morgan fingerprint density at radius 1 is 0.867 bits per heavy atom. The van der Waals surface area contributed by atoms with E-state index in [9.17, 15) is 24.2 Å². The Morgan fingerprint density at radius 2 is 1.47 bits per heavy atom. The number of carbonyl (C=O) groups excluding carboxylic acids is 2. The zero-order valence-corrected chi connectivity index (χ0v) is 18.9. The third-order valence-corrected chi connectivity index (χ3v) is 4.96. The first-order valence-corrected chi connectivity index (χ1v) is 12.0. The second-order valence-electron chi connectivity index (χ2n) is 6.96. The van der Waals surface area contributed by atoms with Crippen molar-refractivity contribution in [2.45, 2.75) is 83.8 Å². The zero-order valence-electron chi connectivity index (χ0n) is 18.0. The van der Waals surface area contributed by atoms with Crippen molar-refractivity contribution >= 4 is 19.8 Å². The average Bonchev–Trinajstić information content (AvgIpc) is 2.72. The molecule has 0 fully saturated rings. The first-order valence-electron chi connectivity index (χ1n) is 10.5. The molecule has 11 heteroatoms. The molecule has 0 saturated heterocycles. The van der Waals surface area contributed by atoms with Crippen molar-refractivity contribution in [1.82, 2.24) is 0 Å². The van der Waals surface area contributed by atoms with Crippen LogP contribution >= 0.6 is 7.82 Å². The molecule has 3 atom stereocenters. The van der Waals surface area contributed by atoms with E-state index in [1.54, 1.807) is 0 Å².